The number of aromatic carboxylic acids is 1. The van der Waals surface area contributed by atoms with Gasteiger partial charge in [-0.2, -0.15) is 0 Å². The number of anilines is 2. The zero-order valence-electron chi connectivity index (χ0n) is 10.0. The number of carbonyl (C=O) groups is 1. The standard InChI is InChI=1S/C12H12N4O2/c1-7-3-4-9(6-13-7)15-12-14-8(2)5-10(16-12)11(17)18/h3-6H,1-2H3,(H,17,18)(H,14,15,16). The third-order valence-corrected chi connectivity index (χ3v) is 2.24. The molecule has 0 radical (unpaired) electrons. The minimum atomic E-state index is -1.08. The lowest BCUT2D eigenvalue weighted by Crippen LogP contribution is -2.06. The molecule has 0 spiro atoms. The molecule has 0 fully saturated rings. The first kappa shape index (κ1) is 12.0. The molecule has 2 rings (SSSR count). The van der Waals surface area contributed by atoms with Crippen molar-refractivity contribution in [3.05, 3.63) is 41.5 Å². The zero-order chi connectivity index (χ0) is 13.1. The Labute approximate surface area is 104 Å². The van der Waals surface area contributed by atoms with E-state index < -0.39 is 5.97 Å². The Morgan fingerprint density at radius 1 is 1.22 bits per heavy atom. The Kier molecular flexibility index (Phi) is 3.18. The van der Waals surface area contributed by atoms with Crippen molar-refractivity contribution in [3.63, 3.8) is 0 Å². The molecule has 0 aromatic carbocycles. The van der Waals surface area contributed by atoms with Crippen molar-refractivity contribution in [3.8, 4) is 0 Å². The van der Waals surface area contributed by atoms with Gasteiger partial charge >= 0.3 is 5.97 Å². The minimum Gasteiger partial charge on any atom is -0.477 e. The van der Waals surface area contributed by atoms with Crippen LogP contribution in [0.2, 0.25) is 0 Å². The fourth-order valence-corrected chi connectivity index (χ4v) is 1.40. The fourth-order valence-electron chi connectivity index (χ4n) is 1.40. The van der Waals surface area contributed by atoms with E-state index in [1.165, 1.54) is 6.07 Å². The van der Waals surface area contributed by atoms with Crippen LogP contribution in [0.3, 0.4) is 0 Å². The minimum absolute atomic E-state index is 0.0370. The van der Waals surface area contributed by atoms with Gasteiger partial charge in [0.25, 0.3) is 0 Å². The van der Waals surface area contributed by atoms with Gasteiger partial charge in [-0.3, -0.25) is 4.98 Å². The Hall–Kier alpha value is -2.50. The van der Waals surface area contributed by atoms with Crippen LogP contribution in [0, 0.1) is 13.8 Å². The average Bonchev–Trinajstić information content (AvgIpc) is 2.31. The molecule has 0 atom stereocenters. The molecule has 2 heterocycles. The Morgan fingerprint density at radius 2 is 2.00 bits per heavy atom. The molecular weight excluding hydrogens is 232 g/mol. The summed E-state index contributed by atoms with van der Waals surface area (Å²) in [5.74, 6) is -0.830. The summed E-state index contributed by atoms with van der Waals surface area (Å²) in [6, 6.07) is 5.09. The summed E-state index contributed by atoms with van der Waals surface area (Å²) in [4.78, 5) is 23.0. The maximum atomic E-state index is 10.9. The molecule has 2 N–H and O–H groups in total. The van der Waals surface area contributed by atoms with Gasteiger partial charge in [0.05, 0.1) is 11.9 Å². The Bertz CT molecular complexity index is 581. The first-order chi connectivity index (χ1) is 8.54. The number of pyridine rings is 1. The highest BCUT2D eigenvalue weighted by molar-refractivity contribution is 5.85. The number of carboxylic acid groups (broad SMARTS) is 1. The average molecular weight is 244 g/mol. The van der Waals surface area contributed by atoms with Crippen LogP contribution < -0.4 is 5.32 Å². The van der Waals surface area contributed by atoms with Gasteiger partial charge in [-0.15, -0.1) is 0 Å². The van der Waals surface area contributed by atoms with E-state index in [1.807, 2.05) is 19.1 Å². The summed E-state index contributed by atoms with van der Waals surface area (Å²) in [6.45, 7) is 3.60. The molecule has 92 valence electrons. The van der Waals surface area contributed by atoms with Crippen LogP contribution in [-0.4, -0.2) is 26.0 Å². The van der Waals surface area contributed by atoms with E-state index in [0.29, 0.717) is 11.4 Å². The highest BCUT2D eigenvalue weighted by Crippen LogP contribution is 2.13. The molecule has 2 aromatic rings. The number of aryl methyl sites for hydroxylation is 2. The monoisotopic (exact) mass is 244 g/mol. The molecule has 0 bridgehead atoms. The lowest BCUT2D eigenvalue weighted by atomic mass is 10.3. The Balaban J connectivity index is 2.28. The number of hydrogen-bond donors (Lipinski definition) is 2. The molecular formula is C12H12N4O2. The molecule has 0 aliphatic heterocycles. The first-order valence-electron chi connectivity index (χ1n) is 5.33. The number of nitrogens with one attached hydrogen (secondary N) is 1. The van der Waals surface area contributed by atoms with E-state index >= 15 is 0 Å². The molecule has 2 aromatic heterocycles. The summed E-state index contributed by atoms with van der Waals surface area (Å²) in [5, 5.41) is 11.8. The van der Waals surface area contributed by atoms with Crippen molar-refractivity contribution in [2.24, 2.45) is 0 Å². The fraction of sp³-hybridized carbons (Fsp3) is 0.167. The summed E-state index contributed by atoms with van der Waals surface area (Å²) >= 11 is 0. The molecule has 6 heteroatoms. The second-order valence-electron chi connectivity index (χ2n) is 3.84. The number of aromatic nitrogens is 3. The van der Waals surface area contributed by atoms with Gasteiger partial charge in [0.2, 0.25) is 5.95 Å². The van der Waals surface area contributed by atoms with Crippen LogP contribution in [-0.2, 0) is 0 Å². The largest absolute Gasteiger partial charge is 0.477 e. The van der Waals surface area contributed by atoms with Gasteiger partial charge < -0.3 is 10.4 Å². The van der Waals surface area contributed by atoms with Crippen molar-refractivity contribution in [1.82, 2.24) is 15.0 Å². The van der Waals surface area contributed by atoms with Crippen LogP contribution in [0.1, 0.15) is 21.9 Å². The number of hydrogen-bond acceptors (Lipinski definition) is 5. The van der Waals surface area contributed by atoms with E-state index in [1.54, 1.807) is 13.1 Å². The molecule has 0 unspecified atom stereocenters. The second kappa shape index (κ2) is 4.79. The lowest BCUT2D eigenvalue weighted by Gasteiger charge is -2.06. The number of nitrogens with zero attached hydrogens (tertiary/aromatic N) is 3. The third-order valence-electron chi connectivity index (χ3n) is 2.24. The Morgan fingerprint density at radius 3 is 2.61 bits per heavy atom. The normalized spacial score (nSPS) is 10.1. The van der Waals surface area contributed by atoms with Gasteiger partial charge in [-0.05, 0) is 32.0 Å². The molecule has 0 saturated heterocycles. The maximum absolute atomic E-state index is 10.9. The molecule has 18 heavy (non-hydrogen) atoms. The van der Waals surface area contributed by atoms with Crippen molar-refractivity contribution in [1.29, 1.82) is 0 Å². The highest BCUT2D eigenvalue weighted by Gasteiger charge is 2.08. The van der Waals surface area contributed by atoms with Crippen molar-refractivity contribution >= 4 is 17.6 Å². The summed E-state index contributed by atoms with van der Waals surface area (Å²) in [6.07, 6.45) is 1.64. The van der Waals surface area contributed by atoms with Crippen molar-refractivity contribution in [2.45, 2.75) is 13.8 Å². The summed E-state index contributed by atoms with van der Waals surface area (Å²) in [5.41, 5.74) is 2.16. The smallest absolute Gasteiger partial charge is 0.354 e. The second-order valence-corrected chi connectivity index (χ2v) is 3.84. The third kappa shape index (κ3) is 2.79. The van der Waals surface area contributed by atoms with E-state index in [2.05, 4.69) is 20.3 Å². The molecule has 6 nitrogen and oxygen atoms in total. The SMILES string of the molecule is Cc1ccc(Nc2nc(C)cc(C(=O)O)n2)cn1. The van der Waals surface area contributed by atoms with Gasteiger partial charge in [0.15, 0.2) is 5.69 Å². The predicted octanol–water partition coefficient (Wildman–Crippen LogP) is 1.93. The summed E-state index contributed by atoms with van der Waals surface area (Å²) in [7, 11) is 0. The quantitative estimate of drug-likeness (QED) is 0.857. The van der Waals surface area contributed by atoms with Crippen LogP contribution in [0.15, 0.2) is 24.4 Å². The van der Waals surface area contributed by atoms with E-state index in [0.717, 1.165) is 5.69 Å². The van der Waals surface area contributed by atoms with Gasteiger partial charge in [-0.25, -0.2) is 14.8 Å². The molecule has 0 amide bonds. The van der Waals surface area contributed by atoms with Gasteiger partial charge in [0.1, 0.15) is 0 Å². The van der Waals surface area contributed by atoms with E-state index in [4.69, 9.17) is 5.11 Å². The van der Waals surface area contributed by atoms with Gasteiger partial charge in [-0.1, -0.05) is 0 Å². The topological polar surface area (TPSA) is 88.0 Å². The molecule has 0 saturated carbocycles. The molecule has 0 aliphatic rings. The van der Waals surface area contributed by atoms with Crippen LogP contribution in [0.5, 0.6) is 0 Å². The number of carboxylic acids is 1. The van der Waals surface area contributed by atoms with Crippen LogP contribution in [0.4, 0.5) is 11.6 Å². The van der Waals surface area contributed by atoms with E-state index in [-0.39, 0.29) is 11.6 Å². The highest BCUT2D eigenvalue weighted by atomic mass is 16.4. The molecule has 0 aliphatic carbocycles. The van der Waals surface area contributed by atoms with Crippen molar-refractivity contribution < 1.29 is 9.90 Å². The van der Waals surface area contributed by atoms with E-state index in [9.17, 15) is 4.79 Å². The van der Waals surface area contributed by atoms with Crippen molar-refractivity contribution in [2.75, 3.05) is 5.32 Å². The van der Waals surface area contributed by atoms with Crippen LogP contribution >= 0.6 is 0 Å². The first-order valence-corrected chi connectivity index (χ1v) is 5.33. The lowest BCUT2D eigenvalue weighted by molar-refractivity contribution is 0.0690. The zero-order valence-corrected chi connectivity index (χ0v) is 10.0. The van der Waals surface area contributed by atoms with Gasteiger partial charge in [0, 0.05) is 11.4 Å². The van der Waals surface area contributed by atoms with Crippen LogP contribution in [0.25, 0.3) is 0 Å². The predicted molar refractivity (Wildman–Crippen MR) is 66.0 cm³/mol. The summed E-state index contributed by atoms with van der Waals surface area (Å²) < 4.78 is 0. The maximum Gasteiger partial charge on any atom is 0.354 e. The number of rotatable bonds is 3.